The average Bonchev–Trinajstić information content (AvgIpc) is 3.21. The van der Waals surface area contributed by atoms with Crippen LogP contribution in [-0.4, -0.2) is 9.55 Å². The van der Waals surface area contributed by atoms with Crippen molar-refractivity contribution in [3.63, 3.8) is 0 Å². The standard InChI is InChI=1S/C31H22N2/c1-2-33-26-19-11-10-18-25(26)30-31(33)27(20-12-4-3-5-13-20)28-23-16-8-6-14-21(23)22-15-7-9-17-24(22)29(28)32-30/h3-19H,2H2,1H3. The molecule has 0 saturated heterocycles. The molecule has 0 unspecified atom stereocenters. The molecule has 0 radical (unpaired) electrons. The monoisotopic (exact) mass is 422 g/mol. The SMILES string of the molecule is CCn1c2ccccc2c2nc3c4ccccc4c4ccccc4c3c(-c3ccccc3)c21. The molecule has 2 heterocycles. The van der Waals surface area contributed by atoms with E-state index in [4.69, 9.17) is 4.98 Å². The molecule has 0 aliphatic rings. The Labute approximate surface area is 191 Å². The largest absolute Gasteiger partial charge is 0.339 e. The van der Waals surface area contributed by atoms with Gasteiger partial charge in [0.25, 0.3) is 0 Å². The summed E-state index contributed by atoms with van der Waals surface area (Å²) in [5, 5.41) is 7.45. The summed E-state index contributed by atoms with van der Waals surface area (Å²) >= 11 is 0. The minimum Gasteiger partial charge on any atom is -0.339 e. The number of rotatable bonds is 2. The van der Waals surface area contributed by atoms with Crippen LogP contribution >= 0.6 is 0 Å². The quantitative estimate of drug-likeness (QED) is 0.256. The third-order valence-electron chi connectivity index (χ3n) is 6.94. The van der Waals surface area contributed by atoms with E-state index in [0.717, 1.165) is 17.6 Å². The van der Waals surface area contributed by atoms with Crippen molar-refractivity contribution >= 4 is 54.4 Å². The van der Waals surface area contributed by atoms with Crippen LogP contribution in [0.3, 0.4) is 0 Å². The summed E-state index contributed by atoms with van der Waals surface area (Å²) in [5.41, 5.74) is 7.12. The summed E-state index contributed by atoms with van der Waals surface area (Å²) < 4.78 is 2.43. The van der Waals surface area contributed by atoms with Gasteiger partial charge in [0.05, 0.1) is 22.1 Å². The van der Waals surface area contributed by atoms with Gasteiger partial charge in [-0.15, -0.1) is 0 Å². The predicted molar refractivity (Wildman–Crippen MR) is 141 cm³/mol. The molecule has 0 N–H and O–H groups in total. The van der Waals surface area contributed by atoms with E-state index >= 15 is 0 Å². The Hall–Kier alpha value is -4.17. The fourth-order valence-electron chi connectivity index (χ4n) is 5.59. The number of pyridine rings is 1. The summed E-state index contributed by atoms with van der Waals surface area (Å²) in [7, 11) is 0. The van der Waals surface area contributed by atoms with Crippen LogP contribution in [0.5, 0.6) is 0 Å². The van der Waals surface area contributed by atoms with Crippen molar-refractivity contribution in [2.45, 2.75) is 13.5 Å². The van der Waals surface area contributed by atoms with Crippen LogP contribution in [0.4, 0.5) is 0 Å². The lowest BCUT2D eigenvalue weighted by Crippen LogP contribution is -1.98. The minimum atomic E-state index is 0.891. The lowest BCUT2D eigenvalue weighted by molar-refractivity contribution is 0.827. The first kappa shape index (κ1) is 18.4. The summed E-state index contributed by atoms with van der Waals surface area (Å²) in [6.45, 7) is 3.12. The van der Waals surface area contributed by atoms with E-state index in [9.17, 15) is 0 Å². The highest BCUT2D eigenvalue weighted by Crippen LogP contribution is 2.44. The average molecular weight is 423 g/mol. The zero-order valence-corrected chi connectivity index (χ0v) is 18.4. The number of hydrogen-bond donors (Lipinski definition) is 0. The second kappa shape index (κ2) is 6.91. The van der Waals surface area contributed by atoms with Gasteiger partial charge in [0.2, 0.25) is 0 Å². The third kappa shape index (κ3) is 2.46. The number of para-hydroxylation sites is 1. The highest BCUT2D eigenvalue weighted by atomic mass is 15.0. The number of aromatic nitrogens is 2. The fraction of sp³-hybridized carbons (Fsp3) is 0.0645. The molecular formula is C31H22N2. The first-order chi connectivity index (χ1) is 16.4. The summed E-state index contributed by atoms with van der Waals surface area (Å²) in [5.74, 6) is 0. The number of hydrogen-bond acceptors (Lipinski definition) is 1. The molecule has 0 atom stereocenters. The molecule has 5 aromatic carbocycles. The first-order valence-corrected chi connectivity index (χ1v) is 11.6. The predicted octanol–water partition coefficient (Wildman–Crippen LogP) is 8.34. The van der Waals surface area contributed by atoms with Crippen molar-refractivity contribution in [2.75, 3.05) is 0 Å². The van der Waals surface area contributed by atoms with E-state index in [1.54, 1.807) is 0 Å². The van der Waals surface area contributed by atoms with Crippen LogP contribution in [0.25, 0.3) is 65.5 Å². The Morgan fingerprint density at radius 1 is 0.576 bits per heavy atom. The van der Waals surface area contributed by atoms with E-state index in [-0.39, 0.29) is 0 Å². The van der Waals surface area contributed by atoms with Crippen LogP contribution in [0.2, 0.25) is 0 Å². The molecule has 0 bridgehead atoms. The van der Waals surface area contributed by atoms with Crippen molar-refractivity contribution in [1.82, 2.24) is 9.55 Å². The molecule has 0 fully saturated rings. The highest BCUT2D eigenvalue weighted by Gasteiger charge is 2.22. The summed E-state index contributed by atoms with van der Waals surface area (Å²) in [4.78, 5) is 5.42. The van der Waals surface area contributed by atoms with Crippen LogP contribution in [0.15, 0.2) is 103 Å². The van der Waals surface area contributed by atoms with Gasteiger partial charge in [-0.05, 0) is 34.7 Å². The number of aryl methyl sites for hydroxylation is 1. The van der Waals surface area contributed by atoms with Crippen LogP contribution in [-0.2, 0) is 6.54 Å². The van der Waals surface area contributed by atoms with Crippen molar-refractivity contribution in [2.24, 2.45) is 0 Å². The van der Waals surface area contributed by atoms with Gasteiger partial charge in [-0.25, -0.2) is 4.98 Å². The van der Waals surface area contributed by atoms with Gasteiger partial charge in [0.1, 0.15) is 0 Å². The number of nitrogens with zero attached hydrogens (tertiary/aromatic N) is 2. The Morgan fingerprint density at radius 2 is 1.15 bits per heavy atom. The van der Waals surface area contributed by atoms with Crippen molar-refractivity contribution in [1.29, 1.82) is 0 Å². The lowest BCUT2D eigenvalue weighted by Gasteiger charge is -2.16. The van der Waals surface area contributed by atoms with E-state index < -0.39 is 0 Å². The third-order valence-corrected chi connectivity index (χ3v) is 6.94. The van der Waals surface area contributed by atoms with E-state index in [0.29, 0.717) is 0 Å². The Kier molecular flexibility index (Phi) is 3.86. The molecule has 0 amide bonds. The smallest absolute Gasteiger partial charge is 0.0974 e. The number of benzene rings is 5. The molecule has 7 aromatic rings. The number of fused-ring (bicyclic) bond motifs is 9. The molecule has 156 valence electrons. The highest BCUT2D eigenvalue weighted by molar-refractivity contribution is 6.31. The molecule has 2 heteroatoms. The normalized spacial score (nSPS) is 11.9. The van der Waals surface area contributed by atoms with Gasteiger partial charge in [-0.1, -0.05) is 97.1 Å². The van der Waals surface area contributed by atoms with Crippen molar-refractivity contribution < 1.29 is 0 Å². The second-order valence-electron chi connectivity index (χ2n) is 8.63. The molecule has 7 rings (SSSR count). The van der Waals surface area contributed by atoms with Gasteiger partial charge in [0.15, 0.2) is 0 Å². The van der Waals surface area contributed by atoms with Crippen LogP contribution < -0.4 is 0 Å². The van der Waals surface area contributed by atoms with Gasteiger partial charge in [-0.3, -0.25) is 0 Å². The summed E-state index contributed by atoms with van der Waals surface area (Å²) in [6, 6.07) is 37.0. The first-order valence-electron chi connectivity index (χ1n) is 11.6. The molecule has 2 nitrogen and oxygen atoms in total. The maximum Gasteiger partial charge on any atom is 0.0974 e. The fourth-order valence-corrected chi connectivity index (χ4v) is 5.59. The Morgan fingerprint density at radius 3 is 1.88 bits per heavy atom. The lowest BCUT2D eigenvalue weighted by atomic mass is 9.91. The molecule has 0 spiro atoms. The van der Waals surface area contributed by atoms with E-state index in [1.165, 1.54) is 54.5 Å². The molecule has 0 saturated carbocycles. The molecule has 2 aromatic heterocycles. The second-order valence-corrected chi connectivity index (χ2v) is 8.63. The Balaban J connectivity index is 1.89. The van der Waals surface area contributed by atoms with Gasteiger partial charge < -0.3 is 4.57 Å². The minimum absolute atomic E-state index is 0.891. The molecular weight excluding hydrogens is 400 g/mol. The molecule has 0 aliphatic heterocycles. The maximum absolute atomic E-state index is 5.42. The van der Waals surface area contributed by atoms with Crippen molar-refractivity contribution in [3.05, 3.63) is 103 Å². The maximum atomic E-state index is 5.42. The zero-order chi connectivity index (χ0) is 21.9. The zero-order valence-electron chi connectivity index (χ0n) is 18.4. The van der Waals surface area contributed by atoms with E-state index in [2.05, 4.69) is 115 Å². The topological polar surface area (TPSA) is 17.8 Å². The van der Waals surface area contributed by atoms with Crippen molar-refractivity contribution in [3.8, 4) is 11.1 Å². The molecule has 33 heavy (non-hydrogen) atoms. The summed E-state index contributed by atoms with van der Waals surface area (Å²) in [6.07, 6.45) is 0. The van der Waals surface area contributed by atoms with Gasteiger partial charge in [0, 0.05) is 28.3 Å². The van der Waals surface area contributed by atoms with Gasteiger partial charge >= 0.3 is 0 Å². The van der Waals surface area contributed by atoms with Crippen LogP contribution in [0.1, 0.15) is 6.92 Å². The van der Waals surface area contributed by atoms with Crippen LogP contribution in [0, 0.1) is 0 Å². The van der Waals surface area contributed by atoms with Gasteiger partial charge in [-0.2, -0.15) is 0 Å². The Bertz CT molecular complexity index is 1840. The molecule has 0 aliphatic carbocycles. The van der Waals surface area contributed by atoms with E-state index in [1.807, 2.05) is 0 Å².